The number of rotatable bonds is 3. The molecule has 0 saturated carbocycles. The minimum Gasteiger partial charge on any atom is -0.464 e. The van der Waals surface area contributed by atoms with Crippen molar-refractivity contribution in [1.82, 2.24) is 0 Å². The van der Waals surface area contributed by atoms with Crippen molar-refractivity contribution < 1.29 is 13.3 Å². The molecule has 134 valence electrons. The van der Waals surface area contributed by atoms with Gasteiger partial charge in [0.1, 0.15) is 35.5 Å². The molecule has 0 saturated heterocycles. The van der Waals surface area contributed by atoms with Gasteiger partial charge >= 0.3 is 0 Å². The maximum absolute atomic E-state index is 5.91. The van der Waals surface area contributed by atoms with Crippen LogP contribution in [0.1, 0.15) is 0 Å². The minimum atomic E-state index is -0.916. The molecule has 0 radical (unpaired) electrons. The molecule has 0 aliphatic rings. The number of hydrogen-bond donors (Lipinski definition) is 0. The molecular formula is C24H15O3P. The maximum atomic E-state index is 5.91. The standard InChI is InChI=1S/C24H15O3P/c1-4-10-19-16(7-1)22(13-25-19)28(23-14-26-20-11-5-2-8-17(20)23)24-15-27-21-12-6-3-9-18(21)24/h1-15H. The topological polar surface area (TPSA) is 39.4 Å². The van der Waals surface area contributed by atoms with Crippen LogP contribution >= 0.6 is 7.92 Å². The molecule has 0 aliphatic carbocycles. The number of hydrogen-bond acceptors (Lipinski definition) is 3. The van der Waals surface area contributed by atoms with Gasteiger partial charge in [-0.1, -0.05) is 54.6 Å². The molecule has 3 aromatic heterocycles. The van der Waals surface area contributed by atoms with Crippen LogP contribution in [0.4, 0.5) is 0 Å². The molecule has 0 amide bonds. The number of benzene rings is 3. The summed E-state index contributed by atoms with van der Waals surface area (Å²) in [5.41, 5.74) is 2.68. The largest absolute Gasteiger partial charge is 0.464 e. The van der Waals surface area contributed by atoms with Gasteiger partial charge in [-0.05, 0) is 26.1 Å². The summed E-state index contributed by atoms with van der Waals surface area (Å²) in [7, 11) is -0.916. The number of para-hydroxylation sites is 3. The Morgan fingerprint density at radius 2 is 0.750 bits per heavy atom. The van der Waals surface area contributed by atoms with Crippen molar-refractivity contribution in [2.24, 2.45) is 0 Å². The Morgan fingerprint density at radius 1 is 0.429 bits per heavy atom. The summed E-state index contributed by atoms with van der Waals surface area (Å²) in [6.45, 7) is 0. The van der Waals surface area contributed by atoms with Crippen LogP contribution in [0.2, 0.25) is 0 Å². The molecule has 0 aliphatic heterocycles. The molecule has 0 spiro atoms. The van der Waals surface area contributed by atoms with Crippen molar-refractivity contribution in [3.05, 3.63) is 91.6 Å². The summed E-state index contributed by atoms with van der Waals surface area (Å²) in [4.78, 5) is 0. The quantitative estimate of drug-likeness (QED) is 0.370. The van der Waals surface area contributed by atoms with Crippen molar-refractivity contribution in [2.45, 2.75) is 0 Å². The highest BCUT2D eigenvalue weighted by molar-refractivity contribution is 7.81. The first kappa shape index (κ1) is 15.7. The van der Waals surface area contributed by atoms with Gasteiger partial charge < -0.3 is 13.3 Å². The maximum Gasteiger partial charge on any atom is 0.134 e. The van der Waals surface area contributed by atoms with Gasteiger partial charge in [-0.2, -0.15) is 0 Å². The van der Waals surface area contributed by atoms with Gasteiger partial charge in [0.15, 0.2) is 0 Å². The zero-order valence-corrected chi connectivity index (χ0v) is 15.7. The van der Waals surface area contributed by atoms with E-state index in [1.54, 1.807) is 0 Å². The molecule has 0 bridgehead atoms. The first-order chi connectivity index (χ1) is 13.9. The second-order valence-corrected chi connectivity index (χ2v) is 8.80. The normalized spacial score (nSPS) is 11.9. The van der Waals surface area contributed by atoms with E-state index in [1.807, 2.05) is 55.2 Å². The van der Waals surface area contributed by atoms with E-state index in [0.717, 1.165) is 32.9 Å². The van der Waals surface area contributed by atoms with E-state index in [-0.39, 0.29) is 0 Å². The molecule has 3 aromatic carbocycles. The molecule has 28 heavy (non-hydrogen) atoms. The van der Waals surface area contributed by atoms with Crippen LogP contribution < -0.4 is 15.9 Å². The Morgan fingerprint density at radius 3 is 1.11 bits per heavy atom. The van der Waals surface area contributed by atoms with Gasteiger partial charge in [0.25, 0.3) is 0 Å². The highest BCUT2D eigenvalue weighted by Crippen LogP contribution is 2.41. The lowest BCUT2D eigenvalue weighted by atomic mass is 10.2. The lowest BCUT2D eigenvalue weighted by Gasteiger charge is -2.15. The van der Waals surface area contributed by atoms with E-state index < -0.39 is 7.92 Å². The second kappa shape index (κ2) is 6.12. The molecule has 3 nitrogen and oxygen atoms in total. The third-order valence-corrected chi connectivity index (χ3v) is 7.59. The first-order valence-corrected chi connectivity index (χ1v) is 10.4. The highest BCUT2D eigenvalue weighted by Gasteiger charge is 2.27. The Hall–Kier alpha value is -3.29. The smallest absolute Gasteiger partial charge is 0.134 e. The number of furan rings is 3. The zero-order valence-electron chi connectivity index (χ0n) is 14.8. The van der Waals surface area contributed by atoms with Gasteiger partial charge in [-0.15, -0.1) is 0 Å². The van der Waals surface area contributed by atoms with E-state index in [1.165, 1.54) is 15.9 Å². The Kier molecular flexibility index (Phi) is 3.44. The third-order valence-electron chi connectivity index (χ3n) is 5.10. The molecule has 4 heteroatoms. The van der Waals surface area contributed by atoms with Crippen LogP contribution in [-0.4, -0.2) is 0 Å². The summed E-state index contributed by atoms with van der Waals surface area (Å²) in [6.07, 6.45) is 5.67. The van der Waals surface area contributed by atoms with Crippen LogP contribution in [0, 0.1) is 0 Å². The van der Waals surface area contributed by atoms with Crippen LogP contribution in [0.25, 0.3) is 32.9 Å². The fourth-order valence-corrected chi connectivity index (χ4v) is 6.33. The van der Waals surface area contributed by atoms with Crippen LogP contribution in [0.15, 0.2) is 105 Å². The first-order valence-electron chi connectivity index (χ1n) is 9.09. The van der Waals surface area contributed by atoms with Crippen LogP contribution in [0.3, 0.4) is 0 Å². The van der Waals surface area contributed by atoms with Crippen LogP contribution in [-0.2, 0) is 0 Å². The van der Waals surface area contributed by atoms with E-state index in [0.29, 0.717) is 0 Å². The second-order valence-electron chi connectivity index (χ2n) is 6.69. The predicted molar refractivity (Wildman–Crippen MR) is 114 cm³/mol. The van der Waals surface area contributed by atoms with Crippen molar-refractivity contribution in [3.8, 4) is 0 Å². The Balaban J connectivity index is 1.69. The van der Waals surface area contributed by atoms with E-state index in [4.69, 9.17) is 13.3 Å². The van der Waals surface area contributed by atoms with Gasteiger partial charge in [0.2, 0.25) is 0 Å². The summed E-state index contributed by atoms with van der Waals surface area (Å²) in [6, 6.07) is 24.5. The monoisotopic (exact) mass is 382 g/mol. The SMILES string of the molecule is c1ccc2c(P(c3coc4ccccc34)c3coc4ccccc34)coc2c1. The molecule has 3 heterocycles. The summed E-state index contributed by atoms with van der Waals surface area (Å²) >= 11 is 0. The van der Waals surface area contributed by atoms with Gasteiger partial charge in [0.05, 0.1) is 0 Å². The predicted octanol–water partition coefficient (Wildman–Crippen LogP) is 5.68. The molecule has 0 fully saturated rings. The molecule has 0 atom stereocenters. The lowest BCUT2D eigenvalue weighted by molar-refractivity contribution is 0.617. The summed E-state index contributed by atoms with van der Waals surface area (Å²) in [5, 5.41) is 6.90. The average Bonchev–Trinajstić information content (AvgIpc) is 3.47. The van der Waals surface area contributed by atoms with Crippen molar-refractivity contribution in [2.75, 3.05) is 0 Å². The van der Waals surface area contributed by atoms with Crippen molar-refractivity contribution in [1.29, 1.82) is 0 Å². The van der Waals surface area contributed by atoms with Crippen molar-refractivity contribution >= 4 is 56.7 Å². The summed E-state index contributed by atoms with van der Waals surface area (Å²) in [5.74, 6) is 0. The summed E-state index contributed by atoms with van der Waals surface area (Å²) < 4.78 is 17.7. The van der Waals surface area contributed by atoms with E-state index in [2.05, 4.69) is 36.4 Å². The average molecular weight is 382 g/mol. The minimum absolute atomic E-state index is 0.894. The molecule has 6 aromatic rings. The number of fused-ring (bicyclic) bond motifs is 3. The van der Waals surface area contributed by atoms with Crippen LogP contribution in [0.5, 0.6) is 0 Å². The van der Waals surface area contributed by atoms with E-state index >= 15 is 0 Å². The van der Waals surface area contributed by atoms with Gasteiger partial charge in [0, 0.05) is 32.1 Å². The molecule has 0 N–H and O–H groups in total. The molecule has 0 unspecified atom stereocenters. The third kappa shape index (κ3) is 2.27. The lowest BCUT2D eigenvalue weighted by Crippen LogP contribution is -2.19. The molecular weight excluding hydrogens is 367 g/mol. The van der Waals surface area contributed by atoms with Gasteiger partial charge in [-0.25, -0.2) is 0 Å². The molecule has 6 rings (SSSR count). The van der Waals surface area contributed by atoms with E-state index in [9.17, 15) is 0 Å². The highest BCUT2D eigenvalue weighted by atomic mass is 31.1. The van der Waals surface area contributed by atoms with Crippen molar-refractivity contribution in [3.63, 3.8) is 0 Å². The fraction of sp³-hybridized carbons (Fsp3) is 0. The Bertz CT molecular complexity index is 1260. The zero-order chi connectivity index (χ0) is 18.5. The Labute approximate surface area is 161 Å². The fourth-order valence-electron chi connectivity index (χ4n) is 3.80. The van der Waals surface area contributed by atoms with Gasteiger partial charge in [-0.3, -0.25) is 0 Å².